The van der Waals surface area contributed by atoms with E-state index in [4.69, 9.17) is 0 Å². The third-order valence-electron chi connectivity index (χ3n) is 3.37. The highest BCUT2D eigenvalue weighted by Crippen LogP contribution is 2.10. The average molecular weight is 316 g/mol. The zero-order valence-electron chi connectivity index (χ0n) is 13.9. The summed E-state index contributed by atoms with van der Waals surface area (Å²) >= 11 is 0. The quantitative estimate of drug-likeness (QED) is 0.858. The van der Waals surface area contributed by atoms with Gasteiger partial charge in [-0.3, -0.25) is 0 Å². The fraction of sp³-hybridized carbons (Fsp3) is 0.412. The number of aliphatic hydroxyl groups is 1. The van der Waals surface area contributed by atoms with Crippen LogP contribution in [-0.2, 0) is 6.54 Å². The smallest absolute Gasteiger partial charge is 0.317 e. The van der Waals surface area contributed by atoms with E-state index in [9.17, 15) is 9.90 Å². The molecule has 124 valence electrons. The van der Waals surface area contributed by atoms with Crippen molar-refractivity contribution in [3.63, 3.8) is 0 Å². The molecule has 0 aliphatic rings. The Hall–Kier alpha value is -2.34. The van der Waals surface area contributed by atoms with Gasteiger partial charge in [0.1, 0.15) is 0 Å². The molecule has 0 saturated heterocycles. The average Bonchev–Trinajstić information content (AvgIpc) is 3.04. The normalized spacial score (nSPS) is 11.3. The summed E-state index contributed by atoms with van der Waals surface area (Å²) in [7, 11) is 0. The molecule has 23 heavy (non-hydrogen) atoms. The molecular formula is C17H24N4O2. The van der Waals surface area contributed by atoms with Crippen molar-refractivity contribution in [1.29, 1.82) is 0 Å². The molecule has 2 amide bonds. The summed E-state index contributed by atoms with van der Waals surface area (Å²) in [5.41, 5.74) is 1.03. The van der Waals surface area contributed by atoms with Crippen LogP contribution >= 0.6 is 0 Å². The maximum absolute atomic E-state index is 12.2. The van der Waals surface area contributed by atoms with Gasteiger partial charge in [-0.2, -0.15) is 5.10 Å². The molecule has 2 aromatic rings. The first kappa shape index (κ1) is 17.0. The van der Waals surface area contributed by atoms with Gasteiger partial charge in [-0.05, 0) is 44.5 Å². The van der Waals surface area contributed by atoms with Gasteiger partial charge < -0.3 is 15.3 Å². The van der Waals surface area contributed by atoms with Crippen molar-refractivity contribution >= 4 is 6.03 Å². The number of rotatable bonds is 6. The summed E-state index contributed by atoms with van der Waals surface area (Å²) in [6.45, 7) is 6.54. The molecule has 0 fully saturated rings. The molecule has 1 aromatic carbocycles. The van der Waals surface area contributed by atoms with Gasteiger partial charge in [0.05, 0.1) is 17.8 Å². The van der Waals surface area contributed by atoms with Gasteiger partial charge in [-0.25, -0.2) is 9.48 Å². The number of nitrogens with zero attached hydrogens (tertiary/aromatic N) is 3. The van der Waals surface area contributed by atoms with Crippen molar-refractivity contribution < 1.29 is 9.90 Å². The van der Waals surface area contributed by atoms with Gasteiger partial charge >= 0.3 is 6.03 Å². The van der Waals surface area contributed by atoms with Gasteiger partial charge in [-0.15, -0.1) is 0 Å². The Morgan fingerprint density at radius 3 is 2.78 bits per heavy atom. The molecule has 2 N–H and O–H groups in total. The second kappa shape index (κ2) is 7.28. The van der Waals surface area contributed by atoms with Crippen LogP contribution in [0.5, 0.6) is 0 Å². The Balaban J connectivity index is 1.97. The highest BCUT2D eigenvalue weighted by Gasteiger charge is 2.20. The molecule has 1 aromatic heterocycles. The monoisotopic (exact) mass is 316 g/mol. The lowest BCUT2D eigenvalue weighted by atomic mass is 10.1. The number of carbonyl (C=O) groups is 1. The van der Waals surface area contributed by atoms with Crippen molar-refractivity contribution in [2.24, 2.45) is 0 Å². The van der Waals surface area contributed by atoms with Crippen molar-refractivity contribution in [1.82, 2.24) is 20.0 Å². The first-order valence-electron chi connectivity index (χ1n) is 7.73. The van der Waals surface area contributed by atoms with Crippen LogP contribution in [0.3, 0.4) is 0 Å². The first-order valence-corrected chi connectivity index (χ1v) is 7.73. The van der Waals surface area contributed by atoms with Crippen LogP contribution in [0.2, 0.25) is 0 Å². The van der Waals surface area contributed by atoms with Gasteiger partial charge in [-0.1, -0.05) is 12.1 Å². The Morgan fingerprint density at radius 1 is 1.39 bits per heavy atom. The molecule has 1 heterocycles. The topological polar surface area (TPSA) is 70.4 Å². The molecule has 0 bridgehead atoms. The number of amides is 2. The molecule has 0 aliphatic carbocycles. The minimum Gasteiger partial charge on any atom is -0.389 e. The molecule has 0 saturated carbocycles. The van der Waals surface area contributed by atoms with Crippen LogP contribution in [-0.4, -0.2) is 44.5 Å². The lowest BCUT2D eigenvalue weighted by Gasteiger charge is -2.28. The van der Waals surface area contributed by atoms with Crippen molar-refractivity contribution in [2.75, 3.05) is 13.1 Å². The van der Waals surface area contributed by atoms with Crippen LogP contribution in [0.25, 0.3) is 5.69 Å². The van der Waals surface area contributed by atoms with Crippen LogP contribution < -0.4 is 5.32 Å². The molecule has 0 spiro atoms. The number of aromatic nitrogens is 2. The van der Waals surface area contributed by atoms with Crippen LogP contribution in [0, 0.1) is 0 Å². The van der Waals surface area contributed by atoms with E-state index in [2.05, 4.69) is 10.4 Å². The Morgan fingerprint density at radius 2 is 2.17 bits per heavy atom. The zero-order chi connectivity index (χ0) is 16.9. The maximum atomic E-state index is 12.2. The molecule has 2 rings (SSSR count). The number of carbonyl (C=O) groups excluding carboxylic acids is 1. The minimum atomic E-state index is -0.909. The summed E-state index contributed by atoms with van der Waals surface area (Å²) < 4.78 is 1.78. The van der Waals surface area contributed by atoms with Gasteiger partial charge in [0, 0.05) is 25.5 Å². The van der Waals surface area contributed by atoms with E-state index in [1.54, 1.807) is 29.6 Å². The number of likely N-dealkylation sites (N-methyl/N-ethyl adjacent to an activating group) is 1. The summed E-state index contributed by atoms with van der Waals surface area (Å²) in [6.07, 6.45) is 3.60. The lowest BCUT2D eigenvalue weighted by Crippen LogP contribution is -2.46. The molecule has 0 atom stereocenters. The minimum absolute atomic E-state index is 0.181. The van der Waals surface area contributed by atoms with Gasteiger partial charge in [0.15, 0.2) is 0 Å². The SMILES string of the molecule is CCN(CC(C)(C)O)C(=O)NCc1cccc(-n2cccn2)c1. The second-order valence-corrected chi connectivity index (χ2v) is 6.11. The molecule has 0 radical (unpaired) electrons. The van der Waals surface area contributed by atoms with E-state index < -0.39 is 5.60 Å². The summed E-state index contributed by atoms with van der Waals surface area (Å²) in [5, 5.41) is 17.0. The van der Waals surface area contributed by atoms with Crippen molar-refractivity contribution in [3.8, 4) is 5.69 Å². The van der Waals surface area contributed by atoms with Gasteiger partial charge in [0.2, 0.25) is 0 Å². The fourth-order valence-corrected chi connectivity index (χ4v) is 2.31. The summed E-state index contributed by atoms with van der Waals surface area (Å²) in [5.74, 6) is 0. The highest BCUT2D eigenvalue weighted by molar-refractivity contribution is 5.74. The van der Waals surface area contributed by atoms with Crippen molar-refractivity contribution in [3.05, 3.63) is 48.3 Å². The van der Waals surface area contributed by atoms with E-state index in [1.165, 1.54) is 0 Å². The van der Waals surface area contributed by atoms with Crippen LogP contribution in [0.1, 0.15) is 26.3 Å². The number of urea groups is 1. The Kier molecular flexibility index (Phi) is 5.39. The fourth-order valence-electron chi connectivity index (χ4n) is 2.31. The molecule has 6 heteroatoms. The van der Waals surface area contributed by atoms with E-state index in [-0.39, 0.29) is 6.03 Å². The first-order chi connectivity index (χ1) is 10.9. The predicted molar refractivity (Wildman–Crippen MR) is 89.3 cm³/mol. The Bertz CT molecular complexity index is 632. The second-order valence-electron chi connectivity index (χ2n) is 6.11. The van der Waals surface area contributed by atoms with E-state index in [0.29, 0.717) is 19.6 Å². The highest BCUT2D eigenvalue weighted by atomic mass is 16.3. The standard InChI is InChI=1S/C17H24N4O2/c1-4-20(13-17(2,3)23)16(22)18-12-14-7-5-8-15(11-14)21-10-6-9-19-21/h5-11,23H,4,12-13H2,1-3H3,(H,18,22). The van der Waals surface area contributed by atoms with Crippen molar-refractivity contribution in [2.45, 2.75) is 32.9 Å². The van der Waals surface area contributed by atoms with Gasteiger partial charge in [0.25, 0.3) is 0 Å². The lowest BCUT2D eigenvalue weighted by molar-refractivity contribution is 0.0480. The van der Waals surface area contributed by atoms with E-state index >= 15 is 0 Å². The molecule has 6 nitrogen and oxygen atoms in total. The zero-order valence-corrected chi connectivity index (χ0v) is 13.9. The summed E-state index contributed by atoms with van der Waals surface area (Å²) in [6, 6.07) is 9.53. The van der Waals surface area contributed by atoms with E-state index in [0.717, 1.165) is 11.3 Å². The number of hydrogen-bond acceptors (Lipinski definition) is 3. The molecular weight excluding hydrogens is 292 g/mol. The van der Waals surface area contributed by atoms with E-state index in [1.807, 2.05) is 43.5 Å². The Labute approximate surface area is 136 Å². The van der Waals surface area contributed by atoms with Crippen LogP contribution in [0.4, 0.5) is 4.79 Å². The third kappa shape index (κ3) is 5.10. The number of hydrogen-bond donors (Lipinski definition) is 2. The molecule has 0 unspecified atom stereocenters. The number of nitrogens with one attached hydrogen (secondary N) is 1. The summed E-state index contributed by atoms with van der Waals surface area (Å²) in [4.78, 5) is 13.8. The van der Waals surface area contributed by atoms with Crippen LogP contribution in [0.15, 0.2) is 42.7 Å². The maximum Gasteiger partial charge on any atom is 0.317 e. The third-order valence-corrected chi connectivity index (χ3v) is 3.37. The number of benzene rings is 1. The largest absolute Gasteiger partial charge is 0.389 e. The predicted octanol–water partition coefficient (Wildman–Crippen LogP) is 2.17. The molecule has 0 aliphatic heterocycles.